The van der Waals surface area contributed by atoms with Gasteiger partial charge in [0.2, 0.25) is 0 Å². The number of hydrogen-bond acceptors (Lipinski definition) is 1. The zero-order valence-corrected chi connectivity index (χ0v) is 13.9. The van der Waals surface area contributed by atoms with E-state index in [1.165, 1.54) is 16.7 Å². The van der Waals surface area contributed by atoms with E-state index in [1.54, 1.807) is 12.1 Å². The molecule has 4 heteroatoms. The Morgan fingerprint density at radius 1 is 0.950 bits per heavy atom. The molecule has 0 amide bonds. The van der Waals surface area contributed by atoms with Crippen LogP contribution in [0.3, 0.4) is 0 Å². The van der Waals surface area contributed by atoms with E-state index in [4.69, 9.17) is 34.8 Å². The van der Waals surface area contributed by atoms with Crippen LogP contribution in [0.15, 0.2) is 30.3 Å². The summed E-state index contributed by atoms with van der Waals surface area (Å²) < 4.78 is 0. The maximum absolute atomic E-state index is 6.20. The predicted octanol–water partition coefficient (Wildman–Crippen LogP) is 6.44. The number of rotatable bonds is 3. The number of nitrogens with one attached hydrogen (secondary N) is 1. The van der Waals surface area contributed by atoms with Gasteiger partial charge in [0, 0.05) is 11.1 Å². The van der Waals surface area contributed by atoms with Crippen LogP contribution in [0.1, 0.15) is 29.7 Å². The summed E-state index contributed by atoms with van der Waals surface area (Å²) >= 11 is 18.3. The van der Waals surface area contributed by atoms with Crippen LogP contribution in [0.4, 0.5) is 5.69 Å². The van der Waals surface area contributed by atoms with Crippen molar-refractivity contribution in [3.05, 3.63) is 62.1 Å². The summed E-state index contributed by atoms with van der Waals surface area (Å²) in [6.07, 6.45) is 0. The third-order valence-electron chi connectivity index (χ3n) is 3.26. The quantitative estimate of drug-likeness (QED) is 0.684. The molecule has 2 rings (SSSR count). The first-order chi connectivity index (χ1) is 9.38. The van der Waals surface area contributed by atoms with Crippen LogP contribution in [-0.4, -0.2) is 0 Å². The third-order valence-corrected chi connectivity index (χ3v) is 4.07. The normalized spacial score (nSPS) is 12.3. The molecule has 106 valence electrons. The van der Waals surface area contributed by atoms with Crippen LogP contribution in [0.5, 0.6) is 0 Å². The van der Waals surface area contributed by atoms with E-state index < -0.39 is 0 Å². The summed E-state index contributed by atoms with van der Waals surface area (Å²) in [5.41, 5.74) is 4.43. The molecule has 0 bridgehead atoms. The Morgan fingerprint density at radius 2 is 1.55 bits per heavy atom. The van der Waals surface area contributed by atoms with Crippen LogP contribution in [0, 0.1) is 13.8 Å². The number of anilines is 1. The molecule has 0 fully saturated rings. The van der Waals surface area contributed by atoms with E-state index in [2.05, 4.69) is 44.3 Å². The molecule has 0 radical (unpaired) electrons. The first-order valence-corrected chi connectivity index (χ1v) is 7.50. The molecule has 1 nitrogen and oxygen atoms in total. The molecule has 0 aliphatic carbocycles. The smallest absolute Gasteiger partial charge is 0.0724 e. The molecule has 1 N–H and O–H groups in total. The summed E-state index contributed by atoms with van der Waals surface area (Å²) in [4.78, 5) is 0. The second-order valence-corrected chi connectivity index (χ2v) is 6.22. The Hall–Kier alpha value is -0.890. The minimum Gasteiger partial charge on any atom is -0.376 e. The van der Waals surface area contributed by atoms with Crippen molar-refractivity contribution in [2.75, 3.05) is 5.32 Å². The molecule has 0 heterocycles. The minimum atomic E-state index is 0.103. The Kier molecular flexibility index (Phi) is 4.85. The lowest BCUT2D eigenvalue weighted by Gasteiger charge is -2.20. The summed E-state index contributed by atoms with van der Waals surface area (Å²) in [6, 6.07) is 9.87. The zero-order chi connectivity index (χ0) is 14.9. The van der Waals surface area contributed by atoms with Gasteiger partial charge in [-0.15, -0.1) is 0 Å². The van der Waals surface area contributed by atoms with Gasteiger partial charge in [0.25, 0.3) is 0 Å². The van der Waals surface area contributed by atoms with Gasteiger partial charge >= 0.3 is 0 Å². The second-order valence-electron chi connectivity index (χ2n) is 4.97. The average molecular weight is 329 g/mol. The van der Waals surface area contributed by atoms with E-state index in [1.807, 2.05) is 0 Å². The van der Waals surface area contributed by atoms with E-state index in [0.717, 1.165) is 0 Å². The Bertz CT molecular complexity index is 615. The zero-order valence-electron chi connectivity index (χ0n) is 11.6. The van der Waals surface area contributed by atoms with Crippen LogP contribution in [-0.2, 0) is 0 Å². The van der Waals surface area contributed by atoms with Gasteiger partial charge in [0.05, 0.1) is 15.7 Å². The molecule has 2 aromatic carbocycles. The number of aryl methyl sites for hydroxylation is 2. The highest BCUT2D eigenvalue weighted by Gasteiger charge is 2.13. The molecule has 0 spiro atoms. The summed E-state index contributed by atoms with van der Waals surface area (Å²) in [5, 5.41) is 4.95. The fourth-order valence-corrected chi connectivity index (χ4v) is 3.21. The Morgan fingerprint density at radius 3 is 2.10 bits per heavy atom. The summed E-state index contributed by atoms with van der Waals surface area (Å²) in [5.74, 6) is 0. The van der Waals surface area contributed by atoms with Gasteiger partial charge in [-0.05, 0) is 44.0 Å². The molecule has 1 atom stereocenters. The van der Waals surface area contributed by atoms with Gasteiger partial charge in [0.1, 0.15) is 0 Å². The molecule has 0 saturated heterocycles. The van der Waals surface area contributed by atoms with E-state index in [9.17, 15) is 0 Å². The van der Waals surface area contributed by atoms with Gasteiger partial charge in [-0.3, -0.25) is 0 Å². The molecule has 20 heavy (non-hydrogen) atoms. The van der Waals surface area contributed by atoms with Crippen molar-refractivity contribution in [2.24, 2.45) is 0 Å². The Labute approximate surface area is 134 Å². The van der Waals surface area contributed by atoms with Crippen molar-refractivity contribution in [3.63, 3.8) is 0 Å². The lowest BCUT2D eigenvalue weighted by molar-refractivity contribution is 0.873. The van der Waals surface area contributed by atoms with Crippen molar-refractivity contribution in [1.29, 1.82) is 0 Å². The molecular formula is C16H16Cl3N. The standard InChI is InChI=1S/C16H16Cl3N/c1-9-4-5-13(10(2)6-9)11(3)20-16-14(18)7-12(17)8-15(16)19/h4-8,11,20H,1-3H3. The molecule has 0 aliphatic rings. The molecule has 0 aromatic heterocycles. The van der Waals surface area contributed by atoms with E-state index in [-0.39, 0.29) is 6.04 Å². The van der Waals surface area contributed by atoms with E-state index >= 15 is 0 Å². The third kappa shape index (κ3) is 3.41. The fourth-order valence-electron chi connectivity index (χ4n) is 2.29. The Balaban J connectivity index is 2.30. The van der Waals surface area contributed by atoms with Gasteiger partial charge in [-0.1, -0.05) is 58.6 Å². The lowest BCUT2D eigenvalue weighted by Crippen LogP contribution is -2.09. The van der Waals surface area contributed by atoms with Crippen LogP contribution in [0.25, 0.3) is 0 Å². The van der Waals surface area contributed by atoms with Crippen molar-refractivity contribution in [3.8, 4) is 0 Å². The van der Waals surface area contributed by atoms with Crippen LogP contribution >= 0.6 is 34.8 Å². The molecule has 1 unspecified atom stereocenters. The molecular weight excluding hydrogens is 313 g/mol. The number of halogens is 3. The van der Waals surface area contributed by atoms with Crippen LogP contribution < -0.4 is 5.32 Å². The topological polar surface area (TPSA) is 12.0 Å². The molecule has 2 aromatic rings. The largest absolute Gasteiger partial charge is 0.376 e. The molecule has 0 aliphatic heterocycles. The lowest BCUT2D eigenvalue weighted by atomic mass is 10.00. The number of benzene rings is 2. The maximum atomic E-state index is 6.20. The maximum Gasteiger partial charge on any atom is 0.0724 e. The monoisotopic (exact) mass is 327 g/mol. The van der Waals surface area contributed by atoms with Gasteiger partial charge in [-0.25, -0.2) is 0 Å². The second kappa shape index (κ2) is 6.26. The summed E-state index contributed by atoms with van der Waals surface area (Å²) in [6.45, 7) is 6.27. The first kappa shape index (κ1) is 15.5. The first-order valence-electron chi connectivity index (χ1n) is 6.36. The number of hydrogen-bond donors (Lipinski definition) is 1. The highest BCUT2D eigenvalue weighted by molar-refractivity contribution is 6.41. The highest BCUT2D eigenvalue weighted by Crippen LogP contribution is 2.36. The minimum absolute atomic E-state index is 0.103. The van der Waals surface area contributed by atoms with Crippen LogP contribution in [0.2, 0.25) is 15.1 Å². The van der Waals surface area contributed by atoms with Gasteiger partial charge in [0.15, 0.2) is 0 Å². The summed E-state index contributed by atoms with van der Waals surface area (Å²) in [7, 11) is 0. The van der Waals surface area contributed by atoms with E-state index in [0.29, 0.717) is 20.8 Å². The van der Waals surface area contributed by atoms with Gasteiger partial charge in [-0.2, -0.15) is 0 Å². The molecule has 0 saturated carbocycles. The van der Waals surface area contributed by atoms with Gasteiger partial charge < -0.3 is 5.32 Å². The highest BCUT2D eigenvalue weighted by atomic mass is 35.5. The average Bonchev–Trinajstić information content (AvgIpc) is 2.33. The SMILES string of the molecule is Cc1ccc(C(C)Nc2c(Cl)cc(Cl)cc2Cl)c(C)c1. The van der Waals surface area contributed by atoms with Crippen molar-refractivity contribution < 1.29 is 0 Å². The van der Waals surface area contributed by atoms with Crippen molar-refractivity contribution in [1.82, 2.24) is 0 Å². The fraction of sp³-hybridized carbons (Fsp3) is 0.250. The predicted molar refractivity (Wildman–Crippen MR) is 89.4 cm³/mol. The van der Waals surface area contributed by atoms with Crippen molar-refractivity contribution >= 4 is 40.5 Å². The van der Waals surface area contributed by atoms with Crippen molar-refractivity contribution in [2.45, 2.75) is 26.8 Å².